The van der Waals surface area contributed by atoms with E-state index in [1.807, 2.05) is 36.5 Å². The van der Waals surface area contributed by atoms with Crippen LogP contribution >= 0.6 is 0 Å². The number of carboxylic acid groups (broad SMARTS) is 1. The van der Waals surface area contributed by atoms with Crippen molar-refractivity contribution in [1.82, 2.24) is 14.5 Å². The number of hydrogen-bond acceptors (Lipinski definition) is 3. The molecule has 0 saturated heterocycles. The quantitative estimate of drug-likeness (QED) is 0.225. The summed E-state index contributed by atoms with van der Waals surface area (Å²) < 4.78 is 2.32. The maximum Gasteiger partial charge on any atom is 0.336 e. The highest BCUT2D eigenvalue weighted by molar-refractivity contribution is 5.96. The van der Waals surface area contributed by atoms with Crippen molar-refractivity contribution in [2.75, 3.05) is 0 Å². The van der Waals surface area contributed by atoms with Gasteiger partial charge in [0.25, 0.3) is 0 Å². The van der Waals surface area contributed by atoms with Gasteiger partial charge in [-0.25, -0.2) is 9.78 Å². The van der Waals surface area contributed by atoms with Crippen LogP contribution in [0.25, 0.3) is 44.2 Å². The SMILES string of the molecule is CCCCc1nc2ccc(-c3cc4ccccc4cn3)cc2n1Cc1ccc(-c2ccccc2C(=O)O)cc1. The van der Waals surface area contributed by atoms with E-state index >= 15 is 0 Å². The number of pyridine rings is 1. The second-order valence-corrected chi connectivity index (χ2v) is 9.89. The number of aromatic nitrogens is 3. The molecule has 0 aliphatic carbocycles. The molecule has 2 aromatic heterocycles. The zero-order valence-electron chi connectivity index (χ0n) is 21.8. The van der Waals surface area contributed by atoms with E-state index in [-0.39, 0.29) is 0 Å². The number of aromatic carboxylic acids is 1. The van der Waals surface area contributed by atoms with Crippen LogP contribution < -0.4 is 0 Å². The van der Waals surface area contributed by atoms with Gasteiger partial charge in [-0.1, -0.05) is 86.1 Å². The molecule has 0 bridgehead atoms. The lowest BCUT2D eigenvalue weighted by Crippen LogP contribution is -2.05. The van der Waals surface area contributed by atoms with Gasteiger partial charge in [-0.2, -0.15) is 0 Å². The Bertz CT molecular complexity index is 1800. The number of carbonyl (C=O) groups is 1. The molecule has 2 heterocycles. The fourth-order valence-corrected chi connectivity index (χ4v) is 5.17. The van der Waals surface area contributed by atoms with Crippen LogP contribution in [0.2, 0.25) is 0 Å². The van der Waals surface area contributed by atoms with Crippen molar-refractivity contribution in [3.8, 4) is 22.4 Å². The Hall–Kier alpha value is -4.77. The van der Waals surface area contributed by atoms with Gasteiger partial charge in [-0.15, -0.1) is 0 Å². The molecule has 0 saturated carbocycles. The molecule has 4 aromatic carbocycles. The van der Waals surface area contributed by atoms with Gasteiger partial charge < -0.3 is 9.67 Å². The molecule has 0 fully saturated rings. The third-order valence-corrected chi connectivity index (χ3v) is 7.27. The Kier molecular flexibility index (Phi) is 6.64. The van der Waals surface area contributed by atoms with Crippen molar-refractivity contribution < 1.29 is 9.90 Å². The molecule has 0 amide bonds. The lowest BCUT2D eigenvalue weighted by molar-refractivity contribution is 0.0697. The number of carboxylic acids is 1. The van der Waals surface area contributed by atoms with Crippen molar-refractivity contribution in [3.05, 3.63) is 120 Å². The molecule has 0 atom stereocenters. The van der Waals surface area contributed by atoms with E-state index in [1.165, 1.54) is 5.39 Å². The second-order valence-electron chi connectivity index (χ2n) is 9.89. The van der Waals surface area contributed by atoms with E-state index in [4.69, 9.17) is 9.97 Å². The molecule has 5 heteroatoms. The van der Waals surface area contributed by atoms with Crippen LogP contribution in [0.15, 0.2) is 103 Å². The molecule has 0 radical (unpaired) electrons. The number of nitrogens with zero attached hydrogens (tertiary/aromatic N) is 3. The summed E-state index contributed by atoms with van der Waals surface area (Å²) in [6.45, 7) is 2.88. The van der Waals surface area contributed by atoms with Crippen LogP contribution in [-0.2, 0) is 13.0 Å². The topological polar surface area (TPSA) is 68.0 Å². The molecule has 6 rings (SSSR count). The summed E-state index contributed by atoms with van der Waals surface area (Å²) >= 11 is 0. The van der Waals surface area contributed by atoms with Crippen LogP contribution in [0.4, 0.5) is 0 Å². The lowest BCUT2D eigenvalue weighted by Gasteiger charge is -2.12. The van der Waals surface area contributed by atoms with Crippen molar-refractivity contribution >= 4 is 27.8 Å². The predicted octanol–water partition coefficient (Wildman–Crippen LogP) is 8.01. The van der Waals surface area contributed by atoms with Crippen LogP contribution in [0.3, 0.4) is 0 Å². The fourth-order valence-electron chi connectivity index (χ4n) is 5.17. The monoisotopic (exact) mass is 511 g/mol. The molecular weight excluding hydrogens is 482 g/mol. The van der Waals surface area contributed by atoms with Crippen LogP contribution in [-0.4, -0.2) is 25.6 Å². The first-order valence-electron chi connectivity index (χ1n) is 13.4. The number of aryl methyl sites for hydroxylation is 1. The lowest BCUT2D eigenvalue weighted by atomic mass is 9.98. The Morgan fingerprint density at radius 2 is 1.59 bits per heavy atom. The van der Waals surface area contributed by atoms with Gasteiger partial charge in [0.15, 0.2) is 0 Å². The number of hydrogen-bond donors (Lipinski definition) is 1. The maximum absolute atomic E-state index is 11.7. The minimum absolute atomic E-state index is 0.308. The van der Waals surface area contributed by atoms with E-state index in [2.05, 4.69) is 66.1 Å². The number of rotatable bonds is 8. The Labute approximate surface area is 227 Å². The third-order valence-electron chi connectivity index (χ3n) is 7.27. The Balaban J connectivity index is 1.38. The van der Waals surface area contributed by atoms with Gasteiger partial charge in [0, 0.05) is 30.1 Å². The molecule has 0 aliphatic heterocycles. The van der Waals surface area contributed by atoms with Crippen LogP contribution in [0, 0.1) is 0 Å². The highest BCUT2D eigenvalue weighted by Crippen LogP contribution is 2.29. The van der Waals surface area contributed by atoms with Gasteiger partial charge in [0.2, 0.25) is 0 Å². The summed E-state index contributed by atoms with van der Waals surface area (Å²) in [5, 5.41) is 11.9. The fraction of sp³-hybridized carbons (Fsp3) is 0.147. The van der Waals surface area contributed by atoms with Crippen LogP contribution in [0.1, 0.15) is 41.5 Å². The normalized spacial score (nSPS) is 11.3. The molecule has 1 N–H and O–H groups in total. The number of benzene rings is 4. The van der Waals surface area contributed by atoms with Crippen LogP contribution in [0.5, 0.6) is 0 Å². The van der Waals surface area contributed by atoms with Gasteiger partial charge >= 0.3 is 5.97 Å². The third kappa shape index (κ3) is 4.91. The number of imidazole rings is 1. The summed E-state index contributed by atoms with van der Waals surface area (Å²) in [5.41, 5.74) is 7.15. The summed E-state index contributed by atoms with van der Waals surface area (Å²) in [6.07, 6.45) is 5.03. The molecule has 39 heavy (non-hydrogen) atoms. The smallest absolute Gasteiger partial charge is 0.336 e. The molecule has 5 nitrogen and oxygen atoms in total. The Morgan fingerprint density at radius 1 is 0.846 bits per heavy atom. The summed E-state index contributed by atoms with van der Waals surface area (Å²) in [7, 11) is 0. The average Bonchev–Trinajstić information content (AvgIpc) is 3.32. The largest absolute Gasteiger partial charge is 0.478 e. The summed E-state index contributed by atoms with van der Waals surface area (Å²) in [5.74, 6) is 0.160. The molecule has 0 unspecified atom stereocenters. The standard InChI is InChI=1S/C34H29N3O2/c1-2-3-12-33-36-30-18-17-26(31-19-25-8-4-5-9-27(25)21-35-31)20-32(30)37(33)22-23-13-15-24(16-14-23)28-10-6-7-11-29(28)34(38)39/h4-11,13-21H,2-3,12,22H2,1H3,(H,38,39). The van der Waals surface area contributed by atoms with Gasteiger partial charge in [0.05, 0.1) is 22.3 Å². The number of unbranched alkanes of at least 4 members (excludes halogenated alkanes) is 1. The van der Waals surface area contributed by atoms with E-state index < -0.39 is 5.97 Å². The van der Waals surface area contributed by atoms with E-state index in [9.17, 15) is 9.90 Å². The zero-order valence-corrected chi connectivity index (χ0v) is 21.8. The Morgan fingerprint density at radius 3 is 2.38 bits per heavy atom. The van der Waals surface area contributed by atoms with E-state index in [1.54, 1.807) is 12.1 Å². The van der Waals surface area contributed by atoms with E-state index in [0.717, 1.165) is 69.5 Å². The first-order chi connectivity index (χ1) is 19.1. The van der Waals surface area contributed by atoms with Crippen molar-refractivity contribution in [2.45, 2.75) is 32.7 Å². The predicted molar refractivity (Wildman–Crippen MR) is 157 cm³/mol. The molecule has 6 aromatic rings. The van der Waals surface area contributed by atoms with Gasteiger partial charge in [0.1, 0.15) is 5.82 Å². The van der Waals surface area contributed by atoms with Crippen molar-refractivity contribution in [3.63, 3.8) is 0 Å². The van der Waals surface area contributed by atoms with Crippen molar-refractivity contribution in [1.29, 1.82) is 0 Å². The first kappa shape index (κ1) is 24.6. The van der Waals surface area contributed by atoms with Crippen molar-refractivity contribution in [2.24, 2.45) is 0 Å². The maximum atomic E-state index is 11.7. The molecule has 192 valence electrons. The van der Waals surface area contributed by atoms with E-state index in [0.29, 0.717) is 12.1 Å². The minimum Gasteiger partial charge on any atom is -0.478 e. The molecule has 0 spiro atoms. The molecular formula is C34H29N3O2. The van der Waals surface area contributed by atoms with Gasteiger partial charge in [-0.3, -0.25) is 4.98 Å². The second kappa shape index (κ2) is 10.5. The highest BCUT2D eigenvalue weighted by Gasteiger charge is 2.14. The first-order valence-corrected chi connectivity index (χ1v) is 13.4. The molecule has 0 aliphatic rings. The minimum atomic E-state index is -0.920. The highest BCUT2D eigenvalue weighted by atomic mass is 16.4. The summed E-state index contributed by atoms with van der Waals surface area (Å²) in [4.78, 5) is 21.4. The summed E-state index contributed by atoms with van der Waals surface area (Å²) in [6, 6.07) is 32.1. The zero-order chi connectivity index (χ0) is 26.8. The van der Waals surface area contributed by atoms with Gasteiger partial charge in [-0.05, 0) is 52.8 Å². The number of fused-ring (bicyclic) bond motifs is 2. The average molecular weight is 512 g/mol.